The van der Waals surface area contributed by atoms with Gasteiger partial charge in [-0.1, -0.05) is 131 Å². The molecule has 5 nitrogen and oxygen atoms in total. The Bertz CT molecular complexity index is 2470. The fraction of sp³-hybridized carbons (Fsp3) is 0.174. The molecule has 6 heteroatoms. The molecular weight excluding hydrogens is 818 g/mol. The Balaban J connectivity index is 0.00000420. The van der Waals surface area contributed by atoms with E-state index in [0.717, 1.165) is 56.1 Å². The number of hydrogen-bond donors (Lipinski definition) is 0. The Kier molecular flexibility index (Phi) is 9.27. The van der Waals surface area contributed by atoms with E-state index in [1.165, 1.54) is 16.5 Å². The summed E-state index contributed by atoms with van der Waals surface area (Å²) in [6.45, 7) is 13.7. The van der Waals surface area contributed by atoms with E-state index in [2.05, 4.69) is 172 Å². The van der Waals surface area contributed by atoms with E-state index in [9.17, 15) is 0 Å². The number of nitrogens with zero attached hydrogens (tertiary/aromatic N) is 5. The minimum Gasteiger partial charge on any atom is -0.358 e. The smallest absolute Gasteiger partial charge is 0.358 e. The van der Waals surface area contributed by atoms with E-state index < -0.39 is 0 Å². The first-order chi connectivity index (χ1) is 24.6. The fourth-order valence-corrected chi connectivity index (χ4v) is 7.05. The predicted molar refractivity (Wildman–Crippen MR) is 211 cm³/mol. The van der Waals surface area contributed by atoms with Gasteiger partial charge in [0, 0.05) is 29.2 Å². The summed E-state index contributed by atoms with van der Waals surface area (Å²) in [7, 11) is 0. The molecule has 0 atom stereocenters. The summed E-state index contributed by atoms with van der Waals surface area (Å²) in [5.74, 6) is 0.857. The Morgan fingerprint density at radius 2 is 1.27 bits per heavy atom. The van der Waals surface area contributed by atoms with Crippen LogP contribution in [0.25, 0.3) is 44.4 Å². The van der Waals surface area contributed by atoms with Crippen molar-refractivity contribution in [3.05, 3.63) is 163 Å². The Morgan fingerprint density at radius 1 is 0.596 bits per heavy atom. The molecule has 260 valence electrons. The number of hydrogen-bond acceptors (Lipinski definition) is 3. The van der Waals surface area contributed by atoms with Gasteiger partial charge < -0.3 is 9.47 Å². The van der Waals surface area contributed by atoms with Crippen molar-refractivity contribution in [3.63, 3.8) is 0 Å². The second kappa shape index (κ2) is 13.7. The number of pyridine rings is 1. The maximum Gasteiger partial charge on any atom is 2.00 e. The SMILES string of the molecule is CC(C)(C)c1cccc(C(C)(C)C)c1N(c1[c-]c(-n2cc(-c3ccccc3)cn2)ccc1)c1[c-]c2c(cc1)c1ccccc1n2-c1ccccn1.[Pt+2]. The third kappa shape index (κ3) is 6.39. The molecule has 0 unspecified atom stereocenters. The van der Waals surface area contributed by atoms with Gasteiger partial charge in [0.2, 0.25) is 0 Å². The van der Waals surface area contributed by atoms with Crippen molar-refractivity contribution in [3.8, 4) is 22.6 Å². The van der Waals surface area contributed by atoms with Gasteiger partial charge in [0.25, 0.3) is 0 Å². The van der Waals surface area contributed by atoms with E-state index in [4.69, 9.17) is 10.1 Å². The first-order valence-electron chi connectivity index (χ1n) is 17.5. The van der Waals surface area contributed by atoms with Crippen molar-refractivity contribution < 1.29 is 21.1 Å². The molecule has 0 amide bonds. The summed E-state index contributed by atoms with van der Waals surface area (Å²) in [4.78, 5) is 7.14. The molecule has 8 aromatic rings. The minimum atomic E-state index is -0.147. The Labute approximate surface area is 320 Å². The first-order valence-corrected chi connectivity index (χ1v) is 17.5. The number of anilines is 3. The molecule has 0 spiro atoms. The van der Waals surface area contributed by atoms with Crippen molar-refractivity contribution in [1.29, 1.82) is 0 Å². The van der Waals surface area contributed by atoms with Gasteiger partial charge in [-0.2, -0.15) is 17.2 Å². The third-order valence-electron chi connectivity index (χ3n) is 9.50. The quantitative estimate of drug-likeness (QED) is 0.156. The van der Waals surface area contributed by atoms with Crippen LogP contribution in [0.5, 0.6) is 0 Å². The summed E-state index contributed by atoms with van der Waals surface area (Å²) in [6.07, 6.45) is 5.83. The molecule has 0 aliphatic rings. The van der Waals surface area contributed by atoms with Gasteiger partial charge in [-0.05, 0) is 56.8 Å². The van der Waals surface area contributed by atoms with Crippen molar-refractivity contribution in [2.75, 3.05) is 4.90 Å². The third-order valence-corrected chi connectivity index (χ3v) is 9.50. The van der Waals surface area contributed by atoms with E-state index in [1.54, 1.807) is 0 Å². The van der Waals surface area contributed by atoms with Gasteiger partial charge in [-0.15, -0.1) is 35.7 Å². The second-order valence-electron chi connectivity index (χ2n) is 15.1. The first kappa shape index (κ1) is 35.2. The summed E-state index contributed by atoms with van der Waals surface area (Å²) in [5.41, 5.74) is 10.3. The summed E-state index contributed by atoms with van der Waals surface area (Å²) < 4.78 is 4.14. The Hall–Kier alpha value is -5.25. The maximum atomic E-state index is 4.79. The topological polar surface area (TPSA) is 38.9 Å². The van der Waals surface area contributed by atoms with Gasteiger partial charge in [0.1, 0.15) is 5.82 Å². The van der Waals surface area contributed by atoms with Crippen LogP contribution < -0.4 is 4.90 Å². The summed E-state index contributed by atoms with van der Waals surface area (Å²) >= 11 is 0. The second-order valence-corrected chi connectivity index (χ2v) is 15.1. The summed E-state index contributed by atoms with van der Waals surface area (Å²) in [6, 6.07) is 50.1. The van der Waals surface area contributed by atoms with Crippen LogP contribution in [0.1, 0.15) is 52.7 Å². The number of aromatic nitrogens is 4. The molecule has 0 aliphatic heterocycles. The van der Waals surface area contributed by atoms with Crippen LogP contribution in [0.15, 0.2) is 140 Å². The van der Waals surface area contributed by atoms with Crippen LogP contribution in [-0.2, 0) is 31.9 Å². The normalized spacial score (nSPS) is 11.9. The molecule has 0 radical (unpaired) electrons. The maximum absolute atomic E-state index is 4.79. The van der Waals surface area contributed by atoms with E-state index in [1.807, 2.05) is 35.3 Å². The molecule has 0 aliphatic carbocycles. The average Bonchev–Trinajstić information content (AvgIpc) is 3.76. The minimum absolute atomic E-state index is 0. The average molecular weight is 859 g/mol. The number of fused-ring (bicyclic) bond motifs is 3. The molecule has 0 fully saturated rings. The summed E-state index contributed by atoms with van der Waals surface area (Å²) in [5, 5.41) is 7.08. The van der Waals surface area contributed by atoms with Crippen molar-refractivity contribution in [2.45, 2.75) is 52.4 Å². The van der Waals surface area contributed by atoms with Crippen LogP contribution in [-0.4, -0.2) is 19.3 Å². The van der Waals surface area contributed by atoms with Crippen LogP contribution in [0.4, 0.5) is 17.1 Å². The molecule has 0 saturated carbocycles. The number of rotatable bonds is 6. The number of benzene rings is 5. The van der Waals surface area contributed by atoms with Crippen molar-refractivity contribution in [2.24, 2.45) is 0 Å². The standard InChI is InChI=1S/C46H41N5.Pt/c1-45(2,3)39-21-15-22-40(46(4,5)6)44(39)50(35-19-14-18-34(28-35)49-31-33(30-48-49)32-16-8-7-9-17-32)36-25-26-38-37-20-10-11-23-41(37)51(42(38)29-36)43-24-12-13-27-47-43;/h7-27,30-31H,1-6H3;/q-2;+2. The fourth-order valence-electron chi connectivity index (χ4n) is 7.05. The largest absolute Gasteiger partial charge is 2.00 e. The van der Waals surface area contributed by atoms with E-state index in [0.29, 0.717) is 0 Å². The van der Waals surface area contributed by atoms with Crippen LogP contribution >= 0.6 is 0 Å². The molecule has 0 bridgehead atoms. The van der Waals surface area contributed by atoms with Gasteiger partial charge in [0.15, 0.2) is 0 Å². The monoisotopic (exact) mass is 858 g/mol. The molecule has 0 N–H and O–H groups in total. The van der Waals surface area contributed by atoms with Crippen LogP contribution in [0, 0.1) is 12.1 Å². The predicted octanol–water partition coefficient (Wildman–Crippen LogP) is 11.7. The zero-order valence-corrected chi connectivity index (χ0v) is 32.6. The molecule has 3 heterocycles. The molecule has 3 aromatic heterocycles. The van der Waals surface area contributed by atoms with Gasteiger partial charge in [-0.25, -0.2) is 4.98 Å². The number of para-hydroxylation sites is 2. The van der Waals surface area contributed by atoms with Gasteiger partial charge in [0.05, 0.1) is 6.20 Å². The zero-order chi connectivity index (χ0) is 35.3. The van der Waals surface area contributed by atoms with E-state index in [-0.39, 0.29) is 31.9 Å². The van der Waals surface area contributed by atoms with Gasteiger partial charge >= 0.3 is 21.1 Å². The zero-order valence-electron chi connectivity index (χ0n) is 30.3. The Morgan fingerprint density at radius 3 is 1.98 bits per heavy atom. The van der Waals surface area contributed by atoms with Crippen molar-refractivity contribution in [1.82, 2.24) is 19.3 Å². The molecule has 5 aromatic carbocycles. The van der Waals surface area contributed by atoms with Crippen molar-refractivity contribution >= 4 is 38.9 Å². The molecular formula is C46H41N5Pt. The molecule has 8 rings (SSSR count). The molecule has 0 saturated heterocycles. The van der Waals surface area contributed by atoms with Gasteiger partial charge in [-0.3, -0.25) is 4.68 Å². The van der Waals surface area contributed by atoms with Crippen LogP contribution in [0.2, 0.25) is 0 Å². The van der Waals surface area contributed by atoms with Crippen LogP contribution in [0.3, 0.4) is 0 Å². The molecule has 52 heavy (non-hydrogen) atoms. The van der Waals surface area contributed by atoms with E-state index >= 15 is 0 Å².